The standard InChI is InChI=1S/C7H15NO2S/c1-7(8)5-3-4-6-11(2,9)10/h3,5,7H,4,6,8H2,1-2H3/b5-3+. The molecule has 0 aliphatic carbocycles. The molecule has 1 atom stereocenters. The van der Waals surface area contributed by atoms with Gasteiger partial charge in [0.2, 0.25) is 0 Å². The van der Waals surface area contributed by atoms with E-state index in [0.717, 1.165) is 0 Å². The first-order chi connectivity index (χ1) is 4.92. The smallest absolute Gasteiger partial charge is 0.147 e. The third kappa shape index (κ3) is 9.65. The van der Waals surface area contributed by atoms with Crippen molar-refractivity contribution in [2.24, 2.45) is 5.73 Å². The third-order valence-electron chi connectivity index (χ3n) is 1.09. The topological polar surface area (TPSA) is 60.2 Å². The van der Waals surface area contributed by atoms with E-state index in [0.29, 0.717) is 6.42 Å². The van der Waals surface area contributed by atoms with Crippen LogP contribution in [0, 0.1) is 0 Å². The van der Waals surface area contributed by atoms with Crippen molar-refractivity contribution in [3.8, 4) is 0 Å². The summed E-state index contributed by atoms with van der Waals surface area (Å²) in [5.41, 5.74) is 5.41. The van der Waals surface area contributed by atoms with Crippen LogP contribution in [0.3, 0.4) is 0 Å². The Morgan fingerprint density at radius 1 is 1.55 bits per heavy atom. The van der Waals surface area contributed by atoms with Gasteiger partial charge in [0, 0.05) is 12.3 Å². The Bertz CT molecular complexity index is 217. The fraction of sp³-hybridized carbons (Fsp3) is 0.714. The van der Waals surface area contributed by atoms with Gasteiger partial charge in [-0.05, 0) is 13.3 Å². The van der Waals surface area contributed by atoms with Crippen LogP contribution in [0.4, 0.5) is 0 Å². The Hall–Kier alpha value is -0.350. The third-order valence-corrected chi connectivity index (χ3v) is 2.07. The highest BCUT2D eigenvalue weighted by molar-refractivity contribution is 7.90. The molecule has 2 N–H and O–H groups in total. The minimum atomic E-state index is -2.81. The van der Waals surface area contributed by atoms with Gasteiger partial charge in [0.15, 0.2) is 0 Å². The van der Waals surface area contributed by atoms with Crippen LogP contribution in [0.15, 0.2) is 12.2 Å². The highest BCUT2D eigenvalue weighted by Gasteiger charge is 1.97. The van der Waals surface area contributed by atoms with E-state index >= 15 is 0 Å². The number of hydrogen-bond donors (Lipinski definition) is 1. The fourth-order valence-electron chi connectivity index (χ4n) is 0.593. The molecule has 0 aliphatic rings. The van der Waals surface area contributed by atoms with E-state index in [2.05, 4.69) is 0 Å². The summed E-state index contributed by atoms with van der Waals surface area (Å²) in [6.45, 7) is 1.84. The molecule has 0 rings (SSSR count). The highest BCUT2D eigenvalue weighted by Crippen LogP contribution is 1.91. The van der Waals surface area contributed by atoms with Gasteiger partial charge >= 0.3 is 0 Å². The van der Waals surface area contributed by atoms with Gasteiger partial charge in [-0.2, -0.15) is 0 Å². The lowest BCUT2D eigenvalue weighted by molar-refractivity contribution is 0.601. The van der Waals surface area contributed by atoms with Gasteiger partial charge in [-0.1, -0.05) is 12.2 Å². The summed E-state index contributed by atoms with van der Waals surface area (Å²) in [6, 6.07) is 0.00885. The molecule has 0 radical (unpaired) electrons. The van der Waals surface area contributed by atoms with E-state index in [9.17, 15) is 8.42 Å². The highest BCUT2D eigenvalue weighted by atomic mass is 32.2. The van der Waals surface area contributed by atoms with Crippen LogP contribution in [0.25, 0.3) is 0 Å². The van der Waals surface area contributed by atoms with Gasteiger partial charge < -0.3 is 5.73 Å². The Labute approximate surface area is 68.2 Å². The van der Waals surface area contributed by atoms with Crippen molar-refractivity contribution in [2.75, 3.05) is 12.0 Å². The molecular formula is C7H15NO2S. The van der Waals surface area contributed by atoms with Crippen molar-refractivity contribution in [1.29, 1.82) is 0 Å². The normalized spacial score (nSPS) is 15.5. The van der Waals surface area contributed by atoms with Crippen molar-refractivity contribution in [2.45, 2.75) is 19.4 Å². The van der Waals surface area contributed by atoms with Crippen LogP contribution < -0.4 is 5.73 Å². The molecule has 11 heavy (non-hydrogen) atoms. The molecule has 0 saturated carbocycles. The summed E-state index contributed by atoms with van der Waals surface area (Å²) in [7, 11) is -2.81. The van der Waals surface area contributed by atoms with Crippen LogP contribution >= 0.6 is 0 Å². The first kappa shape index (κ1) is 10.7. The van der Waals surface area contributed by atoms with Crippen LogP contribution in [0.1, 0.15) is 13.3 Å². The number of sulfone groups is 1. The SMILES string of the molecule is CC(N)/C=C/CCS(C)(=O)=O. The van der Waals surface area contributed by atoms with Gasteiger partial charge in [-0.15, -0.1) is 0 Å². The van der Waals surface area contributed by atoms with Gasteiger partial charge in [0.25, 0.3) is 0 Å². The average molecular weight is 177 g/mol. The lowest BCUT2D eigenvalue weighted by Gasteiger charge is -1.94. The van der Waals surface area contributed by atoms with Gasteiger partial charge in [-0.25, -0.2) is 8.42 Å². The molecule has 3 nitrogen and oxygen atoms in total. The van der Waals surface area contributed by atoms with E-state index in [-0.39, 0.29) is 11.8 Å². The molecule has 0 aromatic carbocycles. The summed E-state index contributed by atoms with van der Waals surface area (Å²) >= 11 is 0. The molecule has 0 aromatic heterocycles. The van der Waals surface area contributed by atoms with Crippen LogP contribution in [0.2, 0.25) is 0 Å². The van der Waals surface area contributed by atoms with E-state index in [1.54, 1.807) is 12.2 Å². The van der Waals surface area contributed by atoms with Crippen molar-refractivity contribution in [3.05, 3.63) is 12.2 Å². The lowest BCUT2D eigenvalue weighted by Crippen LogP contribution is -2.10. The maximum atomic E-state index is 10.6. The zero-order chi connectivity index (χ0) is 8.91. The first-order valence-electron chi connectivity index (χ1n) is 3.52. The minimum Gasteiger partial charge on any atom is -0.325 e. The summed E-state index contributed by atoms with van der Waals surface area (Å²) in [4.78, 5) is 0. The minimum absolute atomic E-state index is 0.00885. The van der Waals surface area contributed by atoms with Gasteiger partial charge in [0.05, 0.1) is 5.75 Å². The van der Waals surface area contributed by atoms with Crippen molar-refractivity contribution in [1.82, 2.24) is 0 Å². The van der Waals surface area contributed by atoms with E-state index < -0.39 is 9.84 Å². The maximum absolute atomic E-state index is 10.6. The van der Waals surface area contributed by atoms with E-state index in [1.165, 1.54) is 6.26 Å². The van der Waals surface area contributed by atoms with Crippen LogP contribution in [-0.2, 0) is 9.84 Å². The number of nitrogens with two attached hydrogens (primary N) is 1. The molecule has 0 saturated heterocycles. The van der Waals surface area contributed by atoms with Gasteiger partial charge in [-0.3, -0.25) is 0 Å². The summed E-state index contributed by atoms with van der Waals surface area (Å²) in [5.74, 6) is 0.205. The molecule has 0 bridgehead atoms. The Morgan fingerprint density at radius 2 is 2.09 bits per heavy atom. The Morgan fingerprint density at radius 3 is 2.45 bits per heavy atom. The van der Waals surface area contributed by atoms with Crippen molar-refractivity contribution < 1.29 is 8.42 Å². The molecule has 0 heterocycles. The predicted octanol–water partition coefficient (Wildman–Crippen LogP) is 0.325. The second-order valence-electron chi connectivity index (χ2n) is 2.71. The second kappa shape index (κ2) is 4.51. The second-order valence-corrected chi connectivity index (χ2v) is 4.97. The van der Waals surface area contributed by atoms with E-state index in [4.69, 9.17) is 5.73 Å². The van der Waals surface area contributed by atoms with Crippen molar-refractivity contribution in [3.63, 3.8) is 0 Å². The zero-order valence-corrected chi connectivity index (χ0v) is 7.76. The number of hydrogen-bond acceptors (Lipinski definition) is 3. The monoisotopic (exact) mass is 177 g/mol. The van der Waals surface area contributed by atoms with E-state index in [1.807, 2.05) is 6.92 Å². The first-order valence-corrected chi connectivity index (χ1v) is 5.58. The molecule has 66 valence electrons. The Balaban J connectivity index is 3.59. The molecule has 4 heteroatoms. The number of allylic oxidation sites excluding steroid dienone is 1. The largest absolute Gasteiger partial charge is 0.325 e. The molecular weight excluding hydrogens is 162 g/mol. The fourth-order valence-corrected chi connectivity index (χ4v) is 1.16. The van der Waals surface area contributed by atoms with Crippen molar-refractivity contribution >= 4 is 9.84 Å². The number of rotatable bonds is 4. The molecule has 0 spiro atoms. The molecule has 0 aromatic rings. The molecule has 0 amide bonds. The quantitative estimate of drug-likeness (QED) is 0.629. The average Bonchev–Trinajstić information content (AvgIpc) is 1.78. The summed E-state index contributed by atoms with van der Waals surface area (Å²) in [6.07, 6.45) is 5.38. The van der Waals surface area contributed by atoms with Crippen LogP contribution in [0.5, 0.6) is 0 Å². The zero-order valence-electron chi connectivity index (χ0n) is 6.95. The predicted molar refractivity (Wildman–Crippen MR) is 47.1 cm³/mol. The van der Waals surface area contributed by atoms with Gasteiger partial charge in [0.1, 0.15) is 9.84 Å². The molecule has 1 unspecified atom stereocenters. The summed E-state index contributed by atoms with van der Waals surface area (Å²) in [5, 5.41) is 0. The summed E-state index contributed by atoms with van der Waals surface area (Å²) < 4.78 is 21.2. The Kier molecular flexibility index (Phi) is 4.37. The van der Waals surface area contributed by atoms with Crippen LogP contribution in [-0.4, -0.2) is 26.5 Å². The molecule has 0 aliphatic heterocycles. The lowest BCUT2D eigenvalue weighted by atomic mass is 10.3. The molecule has 0 fully saturated rings. The maximum Gasteiger partial charge on any atom is 0.147 e.